The molecule has 3 heterocycles. The molecule has 2 aliphatic rings. The molecule has 2 aromatic carbocycles. The van der Waals surface area contributed by atoms with Gasteiger partial charge in [-0.2, -0.15) is 0 Å². The van der Waals surface area contributed by atoms with Gasteiger partial charge in [-0.3, -0.25) is 14.4 Å². The Morgan fingerprint density at radius 1 is 1.08 bits per heavy atom. The number of benzene rings is 2. The number of nitrogens with one attached hydrogen (secondary N) is 2. The number of carbonyl (C=O) groups is 3. The topological polar surface area (TPSA) is 109 Å². The van der Waals surface area contributed by atoms with Gasteiger partial charge in [-0.05, 0) is 38.3 Å². The first-order chi connectivity index (χ1) is 18.2. The Morgan fingerprint density at radius 3 is 2.47 bits per heavy atom. The summed E-state index contributed by atoms with van der Waals surface area (Å²) in [6.07, 6.45) is 2.25. The molecule has 2 fully saturated rings. The van der Waals surface area contributed by atoms with Crippen molar-refractivity contribution >= 4 is 29.5 Å². The van der Waals surface area contributed by atoms with E-state index in [1.54, 1.807) is 34.8 Å². The van der Waals surface area contributed by atoms with Crippen molar-refractivity contribution in [2.45, 2.75) is 68.4 Å². The normalized spacial score (nSPS) is 22.3. The third-order valence-corrected chi connectivity index (χ3v) is 9.10. The van der Waals surface area contributed by atoms with E-state index in [1.165, 1.54) is 0 Å². The molecule has 2 aliphatic heterocycles. The molecule has 2 N–H and O–H groups in total. The summed E-state index contributed by atoms with van der Waals surface area (Å²) in [5.41, 5.74) is 2.58. The minimum atomic E-state index is -0.908. The highest BCUT2D eigenvalue weighted by molar-refractivity contribution is 8.01. The zero-order valence-corrected chi connectivity index (χ0v) is 22.5. The van der Waals surface area contributed by atoms with E-state index in [0.717, 1.165) is 11.3 Å². The number of nitrogens with zero attached hydrogens (tertiary/aromatic N) is 4. The highest BCUT2D eigenvalue weighted by atomic mass is 32.2. The van der Waals surface area contributed by atoms with Gasteiger partial charge in [0.1, 0.15) is 17.5 Å². The quantitative estimate of drug-likeness (QED) is 0.410. The Balaban J connectivity index is 1.23. The number of thioether (sulfide) groups is 1. The first-order valence-corrected chi connectivity index (χ1v) is 13.7. The van der Waals surface area contributed by atoms with Crippen molar-refractivity contribution in [2.75, 3.05) is 0 Å². The van der Waals surface area contributed by atoms with E-state index in [1.807, 2.05) is 60.4 Å². The van der Waals surface area contributed by atoms with Crippen molar-refractivity contribution in [3.8, 4) is 0 Å². The summed E-state index contributed by atoms with van der Waals surface area (Å²) in [6.45, 7) is 6.83. The van der Waals surface area contributed by atoms with Gasteiger partial charge >= 0.3 is 0 Å². The van der Waals surface area contributed by atoms with Gasteiger partial charge in [0.05, 0.1) is 18.4 Å². The van der Waals surface area contributed by atoms with Gasteiger partial charge in [-0.15, -0.1) is 16.9 Å². The number of rotatable bonds is 9. The van der Waals surface area contributed by atoms with Crippen LogP contribution in [0.3, 0.4) is 0 Å². The number of hydrogen-bond donors (Lipinski definition) is 2. The van der Waals surface area contributed by atoms with E-state index in [-0.39, 0.29) is 34.4 Å². The van der Waals surface area contributed by atoms with Crippen molar-refractivity contribution in [1.82, 2.24) is 30.5 Å². The molecular formula is C28H32N6O3S. The van der Waals surface area contributed by atoms with Crippen LogP contribution in [0, 0.1) is 0 Å². The lowest BCUT2D eigenvalue weighted by molar-refractivity contribution is -0.151. The molecule has 0 saturated carbocycles. The van der Waals surface area contributed by atoms with Gasteiger partial charge in [-0.1, -0.05) is 65.9 Å². The van der Waals surface area contributed by atoms with Crippen molar-refractivity contribution < 1.29 is 14.4 Å². The average Bonchev–Trinajstić information content (AvgIpc) is 3.44. The Kier molecular flexibility index (Phi) is 7.25. The molecule has 4 atom stereocenters. The van der Waals surface area contributed by atoms with Crippen LogP contribution in [0.5, 0.6) is 0 Å². The van der Waals surface area contributed by atoms with Crippen molar-refractivity contribution in [3.63, 3.8) is 0 Å². The van der Waals surface area contributed by atoms with E-state index in [2.05, 4.69) is 34.8 Å². The van der Waals surface area contributed by atoms with Crippen molar-refractivity contribution in [2.24, 2.45) is 0 Å². The Morgan fingerprint density at radius 2 is 1.76 bits per heavy atom. The Hall–Kier alpha value is -3.66. The lowest BCUT2D eigenvalue weighted by Crippen LogP contribution is -2.69. The van der Waals surface area contributed by atoms with Gasteiger partial charge in [0.25, 0.3) is 0 Å². The number of amides is 3. The molecule has 1 aromatic heterocycles. The third kappa shape index (κ3) is 5.18. The molecule has 0 radical (unpaired) electrons. The standard InChI is InChI=1S/C28H32N6O3S/c1-18-28(2,3)38-27-24(26(37)34(18)27)31-25(36)23(20-12-8-5-9-13-20)30-22(35)15-14-21-16-29-32-33(21)17-19-10-6-4-7-11-19/h4-13,16,18,23-24,27H,14-15,17H2,1-3H3,(H,30,35)(H,31,36)/t18-,23+,24+,27?/m0/s1. The van der Waals surface area contributed by atoms with Crippen LogP contribution in [-0.2, 0) is 27.3 Å². The smallest absolute Gasteiger partial charge is 0.249 e. The fourth-order valence-corrected chi connectivity index (χ4v) is 6.57. The molecular weight excluding hydrogens is 500 g/mol. The minimum Gasteiger partial charge on any atom is -0.341 e. The molecule has 0 spiro atoms. The van der Waals surface area contributed by atoms with Crippen LogP contribution >= 0.6 is 11.8 Å². The monoisotopic (exact) mass is 532 g/mol. The maximum Gasteiger partial charge on any atom is 0.249 e. The summed E-state index contributed by atoms with van der Waals surface area (Å²) in [5.74, 6) is -0.740. The van der Waals surface area contributed by atoms with Gasteiger partial charge < -0.3 is 15.5 Å². The van der Waals surface area contributed by atoms with Crippen LogP contribution < -0.4 is 10.6 Å². The highest BCUT2D eigenvalue weighted by Crippen LogP contribution is 2.50. The summed E-state index contributed by atoms with van der Waals surface area (Å²) in [5, 5.41) is 13.9. The van der Waals surface area contributed by atoms with Crippen molar-refractivity contribution in [3.05, 3.63) is 83.7 Å². The van der Waals surface area contributed by atoms with Crippen LogP contribution in [0.15, 0.2) is 66.9 Å². The molecule has 2 saturated heterocycles. The van der Waals surface area contributed by atoms with Gasteiger partial charge in [0.15, 0.2) is 0 Å². The molecule has 5 rings (SSSR count). The number of β-lactam (4-membered cyclic amide) rings is 1. The molecule has 38 heavy (non-hydrogen) atoms. The second-order valence-electron chi connectivity index (χ2n) is 10.3. The predicted octanol–water partition coefficient (Wildman–Crippen LogP) is 2.68. The fourth-order valence-electron chi connectivity index (χ4n) is 4.92. The Bertz CT molecular complexity index is 1310. The molecule has 3 aromatic rings. The van der Waals surface area contributed by atoms with Crippen LogP contribution in [0.2, 0.25) is 0 Å². The molecule has 198 valence electrons. The van der Waals surface area contributed by atoms with Crippen LogP contribution in [0.25, 0.3) is 0 Å². The number of hydrogen-bond acceptors (Lipinski definition) is 6. The molecule has 3 amide bonds. The highest BCUT2D eigenvalue weighted by Gasteiger charge is 2.60. The molecule has 9 nitrogen and oxygen atoms in total. The third-order valence-electron chi connectivity index (χ3n) is 7.41. The summed E-state index contributed by atoms with van der Waals surface area (Å²) < 4.78 is 1.69. The Labute approximate surface area is 226 Å². The maximum atomic E-state index is 13.4. The second kappa shape index (κ2) is 10.6. The fraction of sp³-hybridized carbons (Fsp3) is 0.393. The molecule has 0 aliphatic carbocycles. The minimum absolute atomic E-state index is 0.0776. The number of fused-ring (bicyclic) bond motifs is 1. The van der Waals surface area contributed by atoms with Crippen LogP contribution in [-0.4, -0.2) is 59.8 Å². The lowest BCUT2D eigenvalue weighted by Gasteiger charge is -2.44. The summed E-state index contributed by atoms with van der Waals surface area (Å²) >= 11 is 1.70. The van der Waals surface area contributed by atoms with Gasteiger partial charge in [-0.25, -0.2) is 4.68 Å². The second-order valence-corrected chi connectivity index (χ2v) is 12.1. The van der Waals surface area contributed by atoms with Crippen LogP contribution in [0.4, 0.5) is 0 Å². The summed E-state index contributed by atoms with van der Waals surface area (Å²) in [4.78, 5) is 41.1. The largest absolute Gasteiger partial charge is 0.341 e. The lowest BCUT2D eigenvalue weighted by atomic mass is 9.97. The SMILES string of the molecule is C[C@@H]1N2C(=O)[C@@H](NC(=O)[C@H](NC(=O)CCc3cnnn3Cc3ccccc3)c3ccccc3)C2SC1(C)C. The molecule has 10 heteroatoms. The molecule has 0 bridgehead atoms. The zero-order chi connectivity index (χ0) is 26.9. The predicted molar refractivity (Wildman–Crippen MR) is 145 cm³/mol. The van der Waals surface area contributed by atoms with E-state index in [9.17, 15) is 14.4 Å². The van der Waals surface area contributed by atoms with E-state index < -0.39 is 18.0 Å². The van der Waals surface area contributed by atoms with Gasteiger partial charge in [0, 0.05) is 17.2 Å². The number of aryl methyl sites for hydroxylation is 1. The number of carbonyl (C=O) groups excluding carboxylic acids is 3. The van der Waals surface area contributed by atoms with Crippen molar-refractivity contribution in [1.29, 1.82) is 0 Å². The maximum absolute atomic E-state index is 13.4. The first-order valence-electron chi connectivity index (χ1n) is 12.8. The van der Waals surface area contributed by atoms with Gasteiger partial charge in [0.2, 0.25) is 17.7 Å². The zero-order valence-electron chi connectivity index (χ0n) is 21.7. The number of aromatic nitrogens is 3. The summed E-state index contributed by atoms with van der Waals surface area (Å²) in [7, 11) is 0. The van der Waals surface area contributed by atoms with Crippen LogP contribution in [0.1, 0.15) is 50.1 Å². The van der Waals surface area contributed by atoms with E-state index in [0.29, 0.717) is 18.5 Å². The average molecular weight is 533 g/mol. The van der Waals surface area contributed by atoms with E-state index >= 15 is 0 Å². The first kappa shape index (κ1) is 26.0. The summed E-state index contributed by atoms with van der Waals surface area (Å²) in [6, 6.07) is 17.6. The van der Waals surface area contributed by atoms with E-state index in [4.69, 9.17) is 0 Å². The molecule has 1 unspecified atom stereocenters.